The van der Waals surface area contributed by atoms with E-state index >= 15 is 0 Å². The first-order chi connectivity index (χ1) is 10.3. The second-order valence-corrected chi connectivity index (χ2v) is 4.58. The molecule has 9 heteroatoms. The molecule has 1 aromatic carbocycles. The summed E-state index contributed by atoms with van der Waals surface area (Å²) in [6.45, 7) is -0.514. The zero-order valence-corrected chi connectivity index (χ0v) is 11.5. The number of benzene rings is 1. The molecular weight excluding hydrogens is 305 g/mol. The minimum absolute atomic E-state index is 0.208. The largest absolute Gasteiger partial charge is 0.479 e. The van der Waals surface area contributed by atoms with Gasteiger partial charge in [0.05, 0.1) is 11.4 Å². The Morgan fingerprint density at radius 3 is 2.91 bits per heavy atom. The van der Waals surface area contributed by atoms with Gasteiger partial charge in [0.25, 0.3) is 11.8 Å². The standard InChI is InChI=1S/C13H13F3N2O4/c1-7(22-6-13(14,15)16)12(20)18-9-4-2-3-8-11(9)21-5-10(19)17-8/h2-4,7H,5-6H2,1H3,(H,17,19)(H,18,20). The molecule has 0 aromatic heterocycles. The number of ether oxygens (including phenoxy) is 2. The van der Waals surface area contributed by atoms with Crippen LogP contribution in [0.1, 0.15) is 6.92 Å². The first kappa shape index (κ1) is 16.1. The van der Waals surface area contributed by atoms with Crippen LogP contribution in [-0.4, -0.2) is 37.3 Å². The Morgan fingerprint density at radius 1 is 1.50 bits per heavy atom. The Labute approximate surface area is 123 Å². The molecule has 2 N–H and O–H groups in total. The van der Waals surface area contributed by atoms with Crippen LogP contribution in [0.25, 0.3) is 0 Å². The zero-order valence-electron chi connectivity index (χ0n) is 11.5. The highest BCUT2D eigenvalue weighted by atomic mass is 19.4. The van der Waals surface area contributed by atoms with Crippen LogP contribution in [0.15, 0.2) is 18.2 Å². The van der Waals surface area contributed by atoms with Crippen LogP contribution in [-0.2, 0) is 14.3 Å². The summed E-state index contributed by atoms with van der Waals surface area (Å²) in [6.07, 6.45) is -5.80. The number of fused-ring (bicyclic) bond motifs is 1. The fourth-order valence-electron chi connectivity index (χ4n) is 1.74. The molecule has 2 rings (SSSR count). The van der Waals surface area contributed by atoms with Crippen molar-refractivity contribution in [1.29, 1.82) is 0 Å². The third-order valence-electron chi connectivity index (χ3n) is 2.76. The van der Waals surface area contributed by atoms with E-state index in [1.165, 1.54) is 13.0 Å². The molecular formula is C13H13F3N2O4. The van der Waals surface area contributed by atoms with Crippen LogP contribution in [0, 0.1) is 0 Å². The SMILES string of the molecule is CC(OCC(F)(F)F)C(=O)Nc1cccc2c1OCC(=O)N2. The highest BCUT2D eigenvalue weighted by Crippen LogP contribution is 2.35. The quantitative estimate of drug-likeness (QED) is 0.889. The van der Waals surface area contributed by atoms with E-state index in [4.69, 9.17) is 4.74 Å². The lowest BCUT2D eigenvalue weighted by atomic mass is 10.2. The summed E-state index contributed by atoms with van der Waals surface area (Å²) in [5.41, 5.74) is 0.614. The maximum atomic E-state index is 12.1. The van der Waals surface area contributed by atoms with Crippen molar-refractivity contribution >= 4 is 23.2 Å². The summed E-state index contributed by atoms with van der Waals surface area (Å²) in [7, 11) is 0. The summed E-state index contributed by atoms with van der Waals surface area (Å²) in [4.78, 5) is 23.0. The van der Waals surface area contributed by atoms with Gasteiger partial charge in [0.15, 0.2) is 12.4 Å². The van der Waals surface area contributed by atoms with Gasteiger partial charge in [0, 0.05) is 0 Å². The van der Waals surface area contributed by atoms with E-state index < -0.39 is 24.8 Å². The molecule has 6 nitrogen and oxygen atoms in total. The number of rotatable bonds is 4. The number of halogens is 3. The monoisotopic (exact) mass is 318 g/mol. The number of nitrogens with one attached hydrogen (secondary N) is 2. The molecule has 2 amide bonds. The van der Waals surface area contributed by atoms with Crippen molar-refractivity contribution in [2.45, 2.75) is 19.2 Å². The summed E-state index contributed by atoms with van der Waals surface area (Å²) in [6, 6.07) is 4.64. The minimum atomic E-state index is -4.51. The fourth-order valence-corrected chi connectivity index (χ4v) is 1.74. The third-order valence-corrected chi connectivity index (χ3v) is 2.76. The first-order valence-corrected chi connectivity index (χ1v) is 6.31. The molecule has 0 bridgehead atoms. The summed E-state index contributed by atoms with van der Waals surface area (Å²) in [5.74, 6) is -0.838. The summed E-state index contributed by atoms with van der Waals surface area (Å²) < 4.78 is 45.8. The number of carbonyl (C=O) groups is 2. The molecule has 120 valence electrons. The van der Waals surface area contributed by atoms with Crippen molar-refractivity contribution in [3.8, 4) is 5.75 Å². The summed E-state index contributed by atoms with van der Waals surface area (Å²) >= 11 is 0. The Balaban J connectivity index is 2.03. The lowest BCUT2D eigenvalue weighted by molar-refractivity contribution is -0.184. The Bertz CT molecular complexity index is 589. The van der Waals surface area contributed by atoms with Crippen molar-refractivity contribution < 1.29 is 32.2 Å². The smallest absolute Gasteiger partial charge is 0.411 e. The topological polar surface area (TPSA) is 76.7 Å². The number of amides is 2. The Hall–Kier alpha value is -2.29. The van der Waals surface area contributed by atoms with Crippen molar-refractivity contribution in [2.24, 2.45) is 0 Å². The average molecular weight is 318 g/mol. The van der Waals surface area contributed by atoms with Gasteiger partial charge in [0.1, 0.15) is 12.7 Å². The molecule has 0 spiro atoms. The van der Waals surface area contributed by atoms with E-state index in [-0.39, 0.29) is 24.0 Å². The molecule has 1 aromatic rings. The lowest BCUT2D eigenvalue weighted by Gasteiger charge is -2.21. The number of hydrogen-bond donors (Lipinski definition) is 2. The first-order valence-electron chi connectivity index (χ1n) is 6.31. The van der Waals surface area contributed by atoms with Gasteiger partial charge in [-0.05, 0) is 19.1 Å². The third kappa shape index (κ3) is 4.10. The highest BCUT2D eigenvalue weighted by Gasteiger charge is 2.30. The van der Waals surface area contributed by atoms with Gasteiger partial charge < -0.3 is 20.1 Å². The second kappa shape index (κ2) is 6.22. The van der Waals surface area contributed by atoms with Gasteiger partial charge in [-0.2, -0.15) is 13.2 Å². The van der Waals surface area contributed by atoms with Crippen LogP contribution >= 0.6 is 0 Å². The van der Waals surface area contributed by atoms with Crippen LogP contribution in [0.3, 0.4) is 0 Å². The lowest BCUT2D eigenvalue weighted by Crippen LogP contribution is -2.32. The normalized spacial score (nSPS) is 15.4. The minimum Gasteiger partial charge on any atom is -0.479 e. The molecule has 1 atom stereocenters. The van der Waals surface area contributed by atoms with Crippen molar-refractivity contribution in [3.05, 3.63) is 18.2 Å². The van der Waals surface area contributed by atoms with E-state index in [0.29, 0.717) is 5.69 Å². The van der Waals surface area contributed by atoms with Gasteiger partial charge in [-0.1, -0.05) is 6.07 Å². The molecule has 22 heavy (non-hydrogen) atoms. The van der Waals surface area contributed by atoms with Crippen molar-refractivity contribution in [3.63, 3.8) is 0 Å². The van der Waals surface area contributed by atoms with E-state index in [0.717, 1.165) is 0 Å². The van der Waals surface area contributed by atoms with Crippen LogP contribution in [0.2, 0.25) is 0 Å². The number of alkyl halides is 3. The highest BCUT2D eigenvalue weighted by molar-refractivity contribution is 6.00. The zero-order chi connectivity index (χ0) is 16.3. The van der Waals surface area contributed by atoms with Gasteiger partial charge >= 0.3 is 6.18 Å². The molecule has 1 heterocycles. The molecule has 0 aliphatic carbocycles. The van der Waals surface area contributed by atoms with Crippen LogP contribution in [0.5, 0.6) is 5.75 Å². The Morgan fingerprint density at radius 2 is 2.23 bits per heavy atom. The number of carbonyl (C=O) groups excluding carboxylic acids is 2. The predicted molar refractivity (Wildman–Crippen MR) is 70.7 cm³/mol. The molecule has 0 radical (unpaired) electrons. The fraction of sp³-hybridized carbons (Fsp3) is 0.385. The maximum Gasteiger partial charge on any atom is 0.411 e. The van der Waals surface area contributed by atoms with E-state index in [9.17, 15) is 22.8 Å². The van der Waals surface area contributed by atoms with Gasteiger partial charge in [-0.3, -0.25) is 9.59 Å². The van der Waals surface area contributed by atoms with Gasteiger partial charge in [-0.15, -0.1) is 0 Å². The molecule has 1 unspecified atom stereocenters. The van der Waals surface area contributed by atoms with Gasteiger partial charge in [0.2, 0.25) is 0 Å². The van der Waals surface area contributed by atoms with E-state index in [2.05, 4.69) is 15.4 Å². The number of hydrogen-bond acceptors (Lipinski definition) is 4. The predicted octanol–water partition coefficient (Wildman–Crippen LogP) is 1.92. The van der Waals surface area contributed by atoms with Crippen LogP contribution < -0.4 is 15.4 Å². The van der Waals surface area contributed by atoms with E-state index in [1.54, 1.807) is 12.1 Å². The number of para-hydroxylation sites is 1. The molecule has 0 saturated carbocycles. The average Bonchev–Trinajstić information content (AvgIpc) is 2.43. The summed E-state index contributed by atoms with van der Waals surface area (Å²) in [5, 5.41) is 4.97. The number of anilines is 2. The van der Waals surface area contributed by atoms with E-state index in [1.807, 2.05) is 0 Å². The maximum absolute atomic E-state index is 12.1. The molecule has 1 aliphatic heterocycles. The Kier molecular flexibility index (Phi) is 4.55. The van der Waals surface area contributed by atoms with Crippen molar-refractivity contribution in [1.82, 2.24) is 0 Å². The molecule has 1 aliphatic rings. The second-order valence-electron chi connectivity index (χ2n) is 4.58. The van der Waals surface area contributed by atoms with Gasteiger partial charge in [-0.25, -0.2) is 0 Å². The van der Waals surface area contributed by atoms with Crippen molar-refractivity contribution in [2.75, 3.05) is 23.8 Å². The molecule has 0 fully saturated rings. The molecule has 0 saturated heterocycles. The van der Waals surface area contributed by atoms with Crippen LogP contribution in [0.4, 0.5) is 24.5 Å².